The van der Waals surface area contributed by atoms with Crippen LogP contribution in [0.2, 0.25) is 0 Å². The summed E-state index contributed by atoms with van der Waals surface area (Å²) in [5.74, 6) is 4.83. The molecule has 0 aliphatic heterocycles. The van der Waals surface area contributed by atoms with Crippen molar-refractivity contribution in [1.29, 1.82) is 0 Å². The Morgan fingerprint density at radius 3 is 3.00 bits per heavy atom. The third-order valence-corrected chi connectivity index (χ3v) is 3.48. The van der Waals surface area contributed by atoms with Crippen LogP contribution in [0.25, 0.3) is 0 Å². The number of nitrogen functional groups attached to an aromatic ring is 1. The quantitative estimate of drug-likeness (QED) is 0.391. The number of nitrogens with zero attached hydrogens (tertiary/aromatic N) is 1. The van der Waals surface area contributed by atoms with E-state index in [1.165, 1.54) is 11.3 Å². The molecule has 1 amide bonds. The van der Waals surface area contributed by atoms with Crippen molar-refractivity contribution in [3.63, 3.8) is 0 Å². The number of likely N-dealkylation sites (N-methyl/N-ethyl adjacent to an activating group) is 1. The average Bonchev–Trinajstić information content (AvgIpc) is 2.74. The highest BCUT2D eigenvalue weighted by atomic mass is 32.1. The normalized spacial score (nSPS) is 12.8. The molecule has 0 saturated heterocycles. The zero-order valence-corrected chi connectivity index (χ0v) is 10.3. The van der Waals surface area contributed by atoms with Gasteiger partial charge < -0.3 is 5.11 Å². The van der Waals surface area contributed by atoms with Crippen LogP contribution in [0.3, 0.4) is 0 Å². The number of hydrazine groups is 1. The summed E-state index contributed by atoms with van der Waals surface area (Å²) >= 11 is 1.36. The van der Waals surface area contributed by atoms with Crippen LogP contribution in [0.15, 0.2) is 11.4 Å². The summed E-state index contributed by atoms with van der Waals surface area (Å²) in [6.45, 7) is 2.64. The van der Waals surface area contributed by atoms with Crippen molar-refractivity contribution >= 4 is 17.2 Å². The van der Waals surface area contributed by atoms with Crippen LogP contribution in [-0.2, 0) is 6.54 Å². The molecule has 1 aromatic heterocycles. The molecule has 1 unspecified atom stereocenters. The Labute approximate surface area is 98.8 Å². The van der Waals surface area contributed by atoms with E-state index in [-0.39, 0.29) is 18.6 Å². The standard InChI is InChI=1S/C10H17N3O2S/c1-7(6-14)13(2)5-8-3-4-16-9(8)10(15)12-11/h3-4,7,14H,5-6,11H2,1-2H3,(H,12,15). The Bertz CT molecular complexity index is 354. The van der Waals surface area contributed by atoms with Crippen LogP contribution in [0, 0.1) is 0 Å². The maximum absolute atomic E-state index is 11.4. The monoisotopic (exact) mass is 243 g/mol. The van der Waals surface area contributed by atoms with Gasteiger partial charge in [-0.3, -0.25) is 15.1 Å². The van der Waals surface area contributed by atoms with Gasteiger partial charge >= 0.3 is 0 Å². The van der Waals surface area contributed by atoms with Gasteiger partial charge in [-0.2, -0.15) is 0 Å². The largest absolute Gasteiger partial charge is 0.395 e. The number of nitrogens with one attached hydrogen (secondary N) is 1. The first-order valence-electron chi connectivity index (χ1n) is 4.98. The second kappa shape index (κ2) is 5.95. The number of hydrogen-bond donors (Lipinski definition) is 3. The van der Waals surface area contributed by atoms with E-state index in [1.54, 1.807) is 0 Å². The SMILES string of the molecule is CC(CO)N(C)Cc1ccsc1C(=O)NN. The number of hydrogen-bond acceptors (Lipinski definition) is 5. The summed E-state index contributed by atoms with van der Waals surface area (Å²) < 4.78 is 0. The van der Waals surface area contributed by atoms with Gasteiger partial charge in [0.15, 0.2) is 0 Å². The molecule has 5 nitrogen and oxygen atoms in total. The topological polar surface area (TPSA) is 78.6 Å². The highest BCUT2D eigenvalue weighted by Crippen LogP contribution is 2.18. The van der Waals surface area contributed by atoms with Crippen LogP contribution in [0.5, 0.6) is 0 Å². The lowest BCUT2D eigenvalue weighted by atomic mass is 10.2. The molecule has 1 atom stereocenters. The average molecular weight is 243 g/mol. The summed E-state index contributed by atoms with van der Waals surface area (Å²) in [5.41, 5.74) is 3.05. The molecule has 0 saturated carbocycles. The van der Waals surface area contributed by atoms with Gasteiger partial charge in [-0.1, -0.05) is 0 Å². The summed E-state index contributed by atoms with van der Waals surface area (Å²) in [5, 5.41) is 10.9. The minimum absolute atomic E-state index is 0.0636. The van der Waals surface area contributed by atoms with Crippen molar-refractivity contribution in [3.8, 4) is 0 Å². The summed E-state index contributed by atoms with van der Waals surface area (Å²) in [6.07, 6.45) is 0. The lowest BCUT2D eigenvalue weighted by Gasteiger charge is -2.22. The van der Waals surface area contributed by atoms with Gasteiger partial charge in [0.2, 0.25) is 0 Å². The second-order valence-electron chi connectivity index (χ2n) is 3.70. The Hall–Kier alpha value is -0.950. The maximum Gasteiger partial charge on any atom is 0.275 e. The zero-order valence-electron chi connectivity index (χ0n) is 9.43. The molecule has 1 rings (SSSR count). The lowest BCUT2D eigenvalue weighted by Crippen LogP contribution is -2.33. The smallest absolute Gasteiger partial charge is 0.275 e. The van der Waals surface area contributed by atoms with E-state index in [2.05, 4.69) is 5.43 Å². The predicted octanol–water partition coefficient (Wildman–Crippen LogP) is 0.164. The molecule has 4 N–H and O–H groups in total. The van der Waals surface area contributed by atoms with Crippen LogP contribution in [-0.4, -0.2) is 35.6 Å². The minimum atomic E-state index is -0.268. The van der Waals surface area contributed by atoms with E-state index in [1.807, 2.05) is 30.3 Å². The number of aliphatic hydroxyl groups is 1. The lowest BCUT2D eigenvalue weighted by molar-refractivity contribution is 0.0955. The molecule has 90 valence electrons. The molecule has 16 heavy (non-hydrogen) atoms. The molecular weight excluding hydrogens is 226 g/mol. The fourth-order valence-corrected chi connectivity index (χ4v) is 2.11. The van der Waals surface area contributed by atoms with Crippen molar-refractivity contribution in [2.75, 3.05) is 13.7 Å². The fraction of sp³-hybridized carbons (Fsp3) is 0.500. The fourth-order valence-electron chi connectivity index (χ4n) is 1.29. The van der Waals surface area contributed by atoms with Crippen LogP contribution < -0.4 is 11.3 Å². The molecule has 1 aromatic rings. The first-order valence-corrected chi connectivity index (χ1v) is 5.86. The van der Waals surface area contributed by atoms with E-state index < -0.39 is 0 Å². The Morgan fingerprint density at radius 2 is 2.44 bits per heavy atom. The molecule has 0 fully saturated rings. The van der Waals surface area contributed by atoms with Gasteiger partial charge in [0.05, 0.1) is 11.5 Å². The van der Waals surface area contributed by atoms with Crippen LogP contribution in [0.1, 0.15) is 22.2 Å². The summed E-state index contributed by atoms with van der Waals surface area (Å²) in [6, 6.07) is 1.96. The number of rotatable bonds is 5. The Balaban J connectivity index is 2.74. The Kier molecular flexibility index (Phi) is 4.88. The molecule has 0 radical (unpaired) electrons. The van der Waals surface area contributed by atoms with Crippen molar-refractivity contribution in [3.05, 3.63) is 21.9 Å². The number of carbonyl (C=O) groups is 1. The molecule has 1 heterocycles. The number of nitrogens with two attached hydrogens (primary N) is 1. The number of thiophene rings is 1. The number of amides is 1. The minimum Gasteiger partial charge on any atom is -0.395 e. The molecule has 0 aliphatic carbocycles. The second-order valence-corrected chi connectivity index (χ2v) is 4.61. The zero-order chi connectivity index (χ0) is 12.1. The molecule has 0 spiro atoms. The van der Waals surface area contributed by atoms with Gasteiger partial charge in [0.25, 0.3) is 5.91 Å². The summed E-state index contributed by atoms with van der Waals surface area (Å²) in [4.78, 5) is 14.0. The third kappa shape index (κ3) is 3.02. The number of carbonyl (C=O) groups excluding carboxylic acids is 1. The first-order chi connectivity index (χ1) is 7.60. The maximum atomic E-state index is 11.4. The van der Waals surface area contributed by atoms with Crippen molar-refractivity contribution in [2.45, 2.75) is 19.5 Å². The molecule has 0 aliphatic rings. The molecule has 0 aromatic carbocycles. The van der Waals surface area contributed by atoms with Gasteiger partial charge in [-0.15, -0.1) is 11.3 Å². The van der Waals surface area contributed by atoms with Gasteiger partial charge in [0, 0.05) is 12.6 Å². The van der Waals surface area contributed by atoms with Crippen molar-refractivity contribution in [2.24, 2.45) is 5.84 Å². The van der Waals surface area contributed by atoms with E-state index in [4.69, 9.17) is 10.9 Å². The predicted molar refractivity (Wildman–Crippen MR) is 64.0 cm³/mol. The van der Waals surface area contributed by atoms with Crippen LogP contribution >= 0.6 is 11.3 Å². The van der Waals surface area contributed by atoms with Gasteiger partial charge in [0.1, 0.15) is 0 Å². The molecule has 6 heteroatoms. The van der Waals surface area contributed by atoms with Crippen molar-refractivity contribution in [1.82, 2.24) is 10.3 Å². The van der Waals surface area contributed by atoms with E-state index in [0.29, 0.717) is 11.4 Å². The Morgan fingerprint density at radius 1 is 1.75 bits per heavy atom. The van der Waals surface area contributed by atoms with Crippen LogP contribution in [0.4, 0.5) is 0 Å². The summed E-state index contributed by atoms with van der Waals surface area (Å²) in [7, 11) is 1.91. The van der Waals surface area contributed by atoms with Gasteiger partial charge in [-0.25, -0.2) is 5.84 Å². The highest BCUT2D eigenvalue weighted by Gasteiger charge is 2.15. The van der Waals surface area contributed by atoms with E-state index in [9.17, 15) is 4.79 Å². The third-order valence-electron chi connectivity index (χ3n) is 2.52. The molecule has 0 bridgehead atoms. The van der Waals surface area contributed by atoms with E-state index in [0.717, 1.165) is 5.56 Å². The first kappa shape index (κ1) is 13.1. The number of aliphatic hydroxyl groups excluding tert-OH is 1. The highest BCUT2D eigenvalue weighted by molar-refractivity contribution is 7.12. The van der Waals surface area contributed by atoms with Crippen molar-refractivity contribution < 1.29 is 9.90 Å². The molecular formula is C10H17N3O2S. The van der Waals surface area contributed by atoms with Gasteiger partial charge in [-0.05, 0) is 31.0 Å². The van der Waals surface area contributed by atoms with E-state index >= 15 is 0 Å².